The quantitative estimate of drug-likeness (QED) is 0.775. The number of piperazine rings is 1. The van der Waals surface area contributed by atoms with E-state index in [-0.39, 0.29) is 18.1 Å². The van der Waals surface area contributed by atoms with Crippen LogP contribution in [0.25, 0.3) is 0 Å². The predicted molar refractivity (Wildman–Crippen MR) is 80.4 cm³/mol. The molecular weight excluding hydrogens is 290 g/mol. The first-order valence-electron chi connectivity index (χ1n) is 7.01. The van der Waals surface area contributed by atoms with Gasteiger partial charge in [-0.3, -0.25) is 14.7 Å². The molecule has 0 N–H and O–H groups in total. The van der Waals surface area contributed by atoms with Crippen LogP contribution in [0.3, 0.4) is 0 Å². The maximum Gasteiger partial charge on any atom is 0.223 e. The number of carbonyl (C=O) groups is 1. The summed E-state index contributed by atoms with van der Waals surface area (Å²) in [5.74, 6) is -0.136. The largest absolute Gasteiger partial charge is 0.340 e. The van der Waals surface area contributed by atoms with Crippen molar-refractivity contribution in [2.45, 2.75) is 13.0 Å². The van der Waals surface area contributed by atoms with E-state index >= 15 is 0 Å². The van der Waals surface area contributed by atoms with Gasteiger partial charge >= 0.3 is 0 Å². The molecule has 1 aromatic rings. The normalized spacial score (nSPS) is 16.9. The Morgan fingerprint density at radius 1 is 1.29 bits per heavy atom. The molecule has 7 heteroatoms. The van der Waals surface area contributed by atoms with E-state index in [4.69, 9.17) is 0 Å². The third-order valence-corrected chi connectivity index (χ3v) is 4.49. The predicted octanol–water partition coefficient (Wildman–Crippen LogP) is 0.161. The van der Waals surface area contributed by atoms with E-state index in [1.807, 2.05) is 18.3 Å². The van der Waals surface area contributed by atoms with Gasteiger partial charge in [0, 0.05) is 57.8 Å². The van der Waals surface area contributed by atoms with E-state index in [9.17, 15) is 13.2 Å². The lowest BCUT2D eigenvalue weighted by Gasteiger charge is -2.34. The van der Waals surface area contributed by atoms with Crippen LogP contribution in [-0.4, -0.2) is 67.3 Å². The van der Waals surface area contributed by atoms with Crippen molar-refractivity contribution in [1.82, 2.24) is 14.8 Å². The molecule has 1 saturated heterocycles. The lowest BCUT2D eigenvalue weighted by atomic mass is 10.2. The molecule has 0 saturated carbocycles. The fraction of sp³-hybridized carbons (Fsp3) is 0.571. The van der Waals surface area contributed by atoms with Crippen LogP contribution in [0.2, 0.25) is 0 Å². The second kappa shape index (κ2) is 7.00. The first-order valence-corrected chi connectivity index (χ1v) is 9.07. The van der Waals surface area contributed by atoms with Crippen molar-refractivity contribution in [3.05, 3.63) is 30.1 Å². The van der Waals surface area contributed by atoms with Gasteiger partial charge in [-0.25, -0.2) is 8.42 Å². The van der Waals surface area contributed by atoms with Crippen molar-refractivity contribution in [2.75, 3.05) is 38.2 Å². The topological polar surface area (TPSA) is 70.6 Å². The highest BCUT2D eigenvalue weighted by atomic mass is 32.2. The van der Waals surface area contributed by atoms with Crippen LogP contribution in [0, 0.1) is 0 Å². The summed E-state index contributed by atoms with van der Waals surface area (Å²) in [4.78, 5) is 20.1. The van der Waals surface area contributed by atoms with Crippen LogP contribution in [0.1, 0.15) is 12.0 Å². The van der Waals surface area contributed by atoms with Crippen molar-refractivity contribution >= 4 is 15.7 Å². The number of sulfone groups is 1. The zero-order valence-corrected chi connectivity index (χ0v) is 13.1. The Morgan fingerprint density at radius 2 is 2.00 bits per heavy atom. The zero-order chi connectivity index (χ0) is 15.3. The van der Waals surface area contributed by atoms with Crippen molar-refractivity contribution < 1.29 is 13.2 Å². The first kappa shape index (κ1) is 15.9. The van der Waals surface area contributed by atoms with E-state index in [2.05, 4.69) is 9.88 Å². The minimum absolute atomic E-state index is 0.0677. The number of nitrogens with zero attached hydrogens (tertiary/aromatic N) is 3. The third-order valence-electron chi connectivity index (χ3n) is 3.54. The van der Waals surface area contributed by atoms with Gasteiger partial charge in [0.2, 0.25) is 5.91 Å². The van der Waals surface area contributed by atoms with Crippen LogP contribution in [0.5, 0.6) is 0 Å². The lowest BCUT2D eigenvalue weighted by molar-refractivity contribution is -0.132. The van der Waals surface area contributed by atoms with Gasteiger partial charge in [-0.1, -0.05) is 6.07 Å². The second-order valence-electron chi connectivity index (χ2n) is 5.40. The number of carbonyl (C=O) groups excluding carboxylic acids is 1. The van der Waals surface area contributed by atoms with E-state index in [0.717, 1.165) is 31.5 Å². The summed E-state index contributed by atoms with van der Waals surface area (Å²) in [7, 11) is -3.07. The van der Waals surface area contributed by atoms with Gasteiger partial charge in [0.1, 0.15) is 9.84 Å². The van der Waals surface area contributed by atoms with Crippen LogP contribution < -0.4 is 0 Å². The third kappa shape index (κ3) is 5.43. The monoisotopic (exact) mass is 311 g/mol. The molecular formula is C14H21N3O3S. The van der Waals surface area contributed by atoms with Crippen LogP contribution in [0.4, 0.5) is 0 Å². The zero-order valence-electron chi connectivity index (χ0n) is 12.2. The maximum absolute atomic E-state index is 11.9. The fourth-order valence-corrected chi connectivity index (χ4v) is 2.88. The molecule has 6 nitrogen and oxygen atoms in total. The SMILES string of the molecule is CS(=O)(=O)CCC(=O)N1CCN(Cc2cccnc2)CC1. The molecule has 2 rings (SSSR count). The molecule has 0 spiro atoms. The summed E-state index contributed by atoms with van der Waals surface area (Å²) in [5, 5.41) is 0. The number of rotatable bonds is 5. The highest BCUT2D eigenvalue weighted by Gasteiger charge is 2.21. The smallest absolute Gasteiger partial charge is 0.223 e. The van der Waals surface area contributed by atoms with E-state index in [0.29, 0.717) is 13.1 Å². The van der Waals surface area contributed by atoms with Crippen molar-refractivity contribution in [3.63, 3.8) is 0 Å². The van der Waals surface area contributed by atoms with Gasteiger partial charge < -0.3 is 4.90 Å². The van der Waals surface area contributed by atoms with Crippen LogP contribution >= 0.6 is 0 Å². The van der Waals surface area contributed by atoms with E-state index in [1.54, 1.807) is 11.1 Å². The molecule has 116 valence electrons. The van der Waals surface area contributed by atoms with E-state index < -0.39 is 9.84 Å². The second-order valence-corrected chi connectivity index (χ2v) is 7.66. The van der Waals surface area contributed by atoms with Gasteiger partial charge in [-0.15, -0.1) is 0 Å². The summed E-state index contributed by atoms with van der Waals surface area (Å²) in [6.45, 7) is 3.75. The highest BCUT2D eigenvalue weighted by Crippen LogP contribution is 2.08. The number of hydrogen-bond donors (Lipinski definition) is 0. The summed E-state index contributed by atoms with van der Waals surface area (Å²) < 4.78 is 22.2. The summed E-state index contributed by atoms with van der Waals surface area (Å²) in [6.07, 6.45) is 4.85. The molecule has 21 heavy (non-hydrogen) atoms. The Morgan fingerprint density at radius 3 is 2.57 bits per heavy atom. The molecule has 1 aliphatic heterocycles. The van der Waals surface area contributed by atoms with Crippen molar-refractivity contribution in [3.8, 4) is 0 Å². The number of pyridine rings is 1. The summed E-state index contributed by atoms with van der Waals surface area (Å²) in [6, 6.07) is 3.96. The molecule has 1 fully saturated rings. The Labute approximate surface area is 125 Å². The van der Waals surface area contributed by atoms with Crippen molar-refractivity contribution in [1.29, 1.82) is 0 Å². The van der Waals surface area contributed by atoms with Crippen molar-refractivity contribution in [2.24, 2.45) is 0 Å². The Kier molecular flexibility index (Phi) is 5.30. The van der Waals surface area contributed by atoms with Gasteiger partial charge in [0.25, 0.3) is 0 Å². The summed E-state index contributed by atoms with van der Waals surface area (Å²) >= 11 is 0. The molecule has 1 aromatic heterocycles. The Balaban J connectivity index is 1.76. The average Bonchev–Trinajstić information content (AvgIpc) is 2.46. The Bertz CT molecular complexity index is 566. The van der Waals surface area contributed by atoms with Crippen LogP contribution in [-0.2, 0) is 21.2 Å². The molecule has 1 aliphatic rings. The standard InChI is InChI=1S/C14H21N3O3S/c1-21(19,20)10-4-14(18)17-8-6-16(7-9-17)12-13-3-2-5-15-11-13/h2-3,5,11H,4,6-10,12H2,1H3. The minimum atomic E-state index is -3.07. The number of aromatic nitrogens is 1. The minimum Gasteiger partial charge on any atom is -0.340 e. The Hall–Kier alpha value is -1.47. The molecule has 2 heterocycles. The first-order chi connectivity index (χ1) is 9.94. The summed E-state index contributed by atoms with van der Waals surface area (Å²) in [5.41, 5.74) is 1.16. The van der Waals surface area contributed by atoms with Gasteiger partial charge in [-0.2, -0.15) is 0 Å². The molecule has 0 unspecified atom stereocenters. The highest BCUT2D eigenvalue weighted by molar-refractivity contribution is 7.90. The molecule has 0 radical (unpaired) electrons. The molecule has 0 aromatic carbocycles. The van der Waals surface area contributed by atoms with Gasteiger partial charge in [0.15, 0.2) is 0 Å². The van der Waals surface area contributed by atoms with Gasteiger partial charge in [-0.05, 0) is 11.6 Å². The molecule has 0 atom stereocenters. The molecule has 0 bridgehead atoms. The maximum atomic E-state index is 11.9. The van der Waals surface area contributed by atoms with Gasteiger partial charge in [0.05, 0.1) is 5.75 Å². The number of amides is 1. The molecule has 0 aliphatic carbocycles. The van der Waals surface area contributed by atoms with Crippen LogP contribution in [0.15, 0.2) is 24.5 Å². The lowest BCUT2D eigenvalue weighted by Crippen LogP contribution is -2.48. The fourth-order valence-electron chi connectivity index (χ4n) is 2.34. The van der Waals surface area contributed by atoms with E-state index in [1.165, 1.54) is 0 Å². The average molecular weight is 311 g/mol. The number of hydrogen-bond acceptors (Lipinski definition) is 5. The molecule has 1 amide bonds.